The lowest BCUT2D eigenvalue weighted by Crippen LogP contribution is -2.49. The van der Waals surface area contributed by atoms with Crippen LogP contribution in [0.1, 0.15) is 18.5 Å². The second kappa shape index (κ2) is 7.36. The van der Waals surface area contributed by atoms with E-state index in [2.05, 4.69) is 125 Å². The van der Waals surface area contributed by atoms with Crippen LogP contribution in [0.25, 0.3) is 0 Å². The van der Waals surface area contributed by atoms with Crippen molar-refractivity contribution in [2.24, 2.45) is 0 Å². The molecule has 0 amide bonds. The summed E-state index contributed by atoms with van der Waals surface area (Å²) in [7, 11) is 0. The molecule has 0 aromatic heterocycles. The summed E-state index contributed by atoms with van der Waals surface area (Å²) in [5.74, 6) is 0. The minimum atomic E-state index is 0.241. The number of benzene rings is 3. The van der Waals surface area contributed by atoms with E-state index in [1.807, 2.05) is 0 Å². The fourth-order valence-electron chi connectivity index (χ4n) is 3.32. The Balaban J connectivity index is 1.69. The number of anilines is 2. The van der Waals surface area contributed by atoms with Crippen LogP contribution in [0.4, 0.5) is 11.4 Å². The van der Waals surface area contributed by atoms with Crippen LogP contribution in [0.5, 0.6) is 0 Å². The van der Waals surface area contributed by atoms with Gasteiger partial charge in [-0.05, 0) is 36.8 Å². The molecule has 0 saturated heterocycles. The zero-order chi connectivity index (χ0) is 17.8. The Labute approximate surface area is 155 Å². The average Bonchev–Trinajstić information content (AvgIpc) is 2.75. The second-order valence-corrected chi connectivity index (χ2v) is 6.45. The van der Waals surface area contributed by atoms with Gasteiger partial charge in [-0.3, -0.25) is 10.0 Å². The van der Waals surface area contributed by atoms with Gasteiger partial charge in [-0.15, -0.1) is 0 Å². The second-order valence-electron chi connectivity index (χ2n) is 6.45. The summed E-state index contributed by atoms with van der Waals surface area (Å²) in [6, 6.07) is 31.9. The molecule has 3 aromatic rings. The normalized spacial score (nSPS) is 15.2. The Morgan fingerprint density at radius 1 is 0.654 bits per heavy atom. The van der Waals surface area contributed by atoms with Crippen molar-refractivity contribution < 1.29 is 0 Å². The highest BCUT2D eigenvalue weighted by molar-refractivity contribution is 5.54. The van der Waals surface area contributed by atoms with Crippen molar-refractivity contribution in [3.8, 4) is 0 Å². The van der Waals surface area contributed by atoms with E-state index in [0.29, 0.717) is 0 Å². The van der Waals surface area contributed by atoms with Crippen LogP contribution in [0, 0.1) is 0 Å². The summed E-state index contributed by atoms with van der Waals surface area (Å²) in [6.45, 7) is 3.01. The molecule has 0 saturated carbocycles. The molecule has 1 atom stereocenters. The van der Waals surface area contributed by atoms with Crippen LogP contribution in [0.3, 0.4) is 0 Å². The molecule has 1 aliphatic rings. The van der Waals surface area contributed by atoms with Crippen molar-refractivity contribution in [1.29, 1.82) is 0 Å². The van der Waals surface area contributed by atoms with Crippen molar-refractivity contribution in [1.82, 2.24) is 5.01 Å². The molecule has 1 unspecified atom stereocenters. The van der Waals surface area contributed by atoms with Gasteiger partial charge in [-0.1, -0.05) is 66.7 Å². The molecule has 130 valence electrons. The molecule has 1 aliphatic heterocycles. The molecule has 0 radical (unpaired) electrons. The summed E-state index contributed by atoms with van der Waals surface area (Å²) in [4.78, 5) is 2.27. The third kappa shape index (κ3) is 3.29. The summed E-state index contributed by atoms with van der Waals surface area (Å²) < 4.78 is 0. The summed E-state index contributed by atoms with van der Waals surface area (Å²) in [5.41, 5.74) is 3.67. The topological polar surface area (TPSA) is 9.72 Å². The third-order valence-electron chi connectivity index (χ3n) is 4.79. The van der Waals surface area contributed by atoms with E-state index in [4.69, 9.17) is 0 Å². The molecule has 0 aliphatic carbocycles. The lowest BCUT2D eigenvalue weighted by atomic mass is 10.1. The van der Waals surface area contributed by atoms with Crippen molar-refractivity contribution in [3.05, 3.63) is 109 Å². The molecule has 3 heteroatoms. The van der Waals surface area contributed by atoms with Gasteiger partial charge >= 0.3 is 0 Å². The SMILES string of the molecule is CC(c1ccccc1)N1C=CN(c2ccccc2)CN1c1ccccc1. The molecule has 0 bridgehead atoms. The molecule has 0 fully saturated rings. The van der Waals surface area contributed by atoms with Crippen LogP contribution in [0.2, 0.25) is 0 Å². The molecule has 4 rings (SSSR count). The standard InChI is InChI=1S/C23H23N3/c1-20(21-11-5-2-6-12-21)25-18-17-24(22-13-7-3-8-14-22)19-26(25)23-15-9-4-10-16-23/h2-18,20H,19H2,1H3. The maximum Gasteiger partial charge on any atom is 0.115 e. The van der Waals surface area contributed by atoms with E-state index in [-0.39, 0.29) is 6.04 Å². The molecule has 0 N–H and O–H groups in total. The molecular formula is C23H23N3. The van der Waals surface area contributed by atoms with Gasteiger partial charge in [0.25, 0.3) is 0 Å². The first kappa shape index (κ1) is 16.3. The number of rotatable bonds is 4. The molecule has 3 aromatic carbocycles. The van der Waals surface area contributed by atoms with E-state index in [1.54, 1.807) is 0 Å². The van der Waals surface area contributed by atoms with Crippen LogP contribution < -0.4 is 9.91 Å². The highest BCUT2D eigenvalue weighted by atomic mass is 15.7. The van der Waals surface area contributed by atoms with Gasteiger partial charge in [-0.2, -0.15) is 0 Å². The third-order valence-corrected chi connectivity index (χ3v) is 4.79. The summed E-state index contributed by atoms with van der Waals surface area (Å²) >= 11 is 0. The molecular weight excluding hydrogens is 318 g/mol. The Hall–Kier alpha value is -3.20. The highest BCUT2D eigenvalue weighted by Gasteiger charge is 2.25. The monoisotopic (exact) mass is 341 g/mol. The number of para-hydroxylation sites is 2. The van der Waals surface area contributed by atoms with Crippen LogP contribution >= 0.6 is 0 Å². The van der Waals surface area contributed by atoms with Crippen molar-refractivity contribution in [2.45, 2.75) is 13.0 Å². The van der Waals surface area contributed by atoms with E-state index >= 15 is 0 Å². The fourth-order valence-corrected chi connectivity index (χ4v) is 3.32. The van der Waals surface area contributed by atoms with Crippen LogP contribution in [-0.4, -0.2) is 11.7 Å². The lowest BCUT2D eigenvalue weighted by Gasteiger charge is -2.45. The van der Waals surface area contributed by atoms with E-state index < -0.39 is 0 Å². The van der Waals surface area contributed by atoms with E-state index in [1.165, 1.54) is 16.9 Å². The van der Waals surface area contributed by atoms with Gasteiger partial charge in [0.2, 0.25) is 0 Å². The minimum absolute atomic E-state index is 0.241. The van der Waals surface area contributed by atoms with Gasteiger partial charge in [-0.25, -0.2) is 0 Å². The van der Waals surface area contributed by atoms with Crippen molar-refractivity contribution in [3.63, 3.8) is 0 Å². The average molecular weight is 341 g/mol. The van der Waals surface area contributed by atoms with Crippen molar-refractivity contribution in [2.75, 3.05) is 16.6 Å². The predicted molar refractivity (Wildman–Crippen MR) is 109 cm³/mol. The highest BCUT2D eigenvalue weighted by Crippen LogP contribution is 2.30. The number of hydrogen-bond donors (Lipinski definition) is 0. The first-order valence-corrected chi connectivity index (χ1v) is 8.99. The number of hydrazine groups is 1. The lowest BCUT2D eigenvalue weighted by molar-refractivity contribution is 0.262. The number of nitrogens with zero attached hydrogens (tertiary/aromatic N) is 3. The molecule has 0 spiro atoms. The number of hydrogen-bond acceptors (Lipinski definition) is 3. The Kier molecular flexibility index (Phi) is 4.61. The van der Waals surface area contributed by atoms with Crippen LogP contribution in [0.15, 0.2) is 103 Å². The molecule has 3 nitrogen and oxygen atoms in total. The minimum Gasteiger partial charge on any atom is -0.326 e. The summed E-state index contributed by atoms with van der Waals surface area (Å²) in [5, 5.41) is 4.63. The van der Waals surface area contributed by atoms with Gasteiger partial charge in [0.1, 0.15) is 6.67 Å². The smallest absolute Gasteiger partial charge is 0.115 e. The van der Waals surface area contributed by atoms with Gasteiger partial charge < -0.3 is 4.90 Å². The Morgan fingerprint density at radius 3 is 1.81 bits per heavy atom. The fraction of sp³-hybridized carbons (Fsp3) is 0.130. The quantitative estimate of drug-likeness (QED) is 0.627. The van der Waals surface area contributed by atoms with Crippen LogP contribution in [-0.2, 0) is 0 Å². The van der Waals surface area contributed by atoms with E-state index in [9.17, 15) is 0 Å². The van der Waals surface area contributed by atoms with Gasteiger partial charge in [0, 0.05) is 18.1 Å². The molecule has 1 heterocycles. The zero-order valence-corrected chi connectivity index (χ0v) is 14.9. The predicted octanol–water partition coefficient (Wildman–Crippen LogP) is 5.42. The summed E-state index contributed by atoms with van der Waals surface area (Å²) in [6.07, 6.45) is 4.33. The first-order valence-electron chi connectivity index (χ1n) is 8.99. The first-order chi connectivity index (χ1) is 12.8. The Bertz CT molecular complexity index is 846. The maximum absolute atomic E-state index is 2.32. The van der Waals surface area contributed by atoms with E-state index in [0.717, 1.165) is 6.67 Å². The van der Waals surface area contributed by atoms with Gasteiger partial charge in [0.05, 0.1) is 11.7 Å². The maximum atomic E-state index is 2.32. The van der Waals surface area contributed by atoms with Gasteiger partial charge in [0.15, 0.2) is 0 Å². The Morgan fingerprint density at radius 2 is 1.19 bits per heavy atom. The molecule has 26 heavy (non-hydrogen) atoms. The zero-order valence-electron chi connectivity index (χ0n) is 14.9. The largest absolute Gasteiger partial charge is 0.326 e. The van der Waals surface area contributed by atoms with Crippen molar-refractivity contribution >= 4 is 11.4 Å².